The molecule has 4 heterocycles. The summed E-state index contributed by atoms with van der Waals surface area (Å²) in [7, 11) is 0. The third-order valence-corrected chi connectivity index (χ3v) is 5.03. The van der Waals surface area contributed by atoms with Gasteiger partial charge in [0.15, 0.2) is 0 Å². The SMILES string of the molecule is CC(C)OC(=O)N1CC(OC(C)c2nc(-c3cnc(N4CCC(N)C4)nc3)no2)C1. The summed E-state index contributed by atoms with van der Waals surface area (Å²) in [5.74, 6) is 1.42. The van der Waals surface area contributed by atoms with Crippen molar-refractivity contribution >= 4 is 12.0 Å². The molecule has 0 aliphatic carbocycles. The van der Waals surface area contributed by atoms with Crippen LogP contribution in [0.1, 0.15) is 39.2 Å². The van der Waals surface area contributed by atoms with Crippen molar-refractivity contribution in [1.82, 2.24) is 25.0 Å². The number of hydrogen-bond acceptors (Lipinski definition) is 10. The van der Waals surface area contributed by atoms with Crippen LogP contribution in [0.15, 0.2) is 16.9 Å². The zero-order valence-corrected chi connectivity index (χ0v) is 17.4. The van der Waals surface area contributed by atoms with Crippen LogP contribution in [-0.2, 0) is 9.47 Å². The van der Waals surface area contributed by atoms with E-state index in [0.29, 0.717) is 36.3 Å². The van der Waals surface area contributed by atoms with E-state index in [-0.39, 0.29) is 24.3 Å². The zero-order valence-electron chi connectivity index (χ0n) is 17.4. The predicted octanol–water partition coefficient (Wildman–Crippen LogP) is 1.37. The number of nitrogens with zero attached hydrogens (tertiary/aromatic N) is 6. The van der Waals surface area contributed by atoms with Gasteiger partial charge in [0.1, 0.15) is 6.10 Å². The maximum absolute atomic E-state index is 11.8. The summed E-state index contributed by atoms with van der Waals surface area (Å²) in [5.41, 5.74) is 6.60. The lowest BCUT2D eigenvalue weighted by Gasteiger charge is -2.39. The van der Waals surface area contributed by atoms with Crippen LogP contribution >= 0.6 is 0 Å². The molecular formula is C19H27N7O4. The van der Waals surface area contributed by atoms with Gasteiger partial charge in [-0.05, 0) is 27.2 Å². The summed E-state index contributed by atoms with van der Waals surface area (Å²) < 4.78 is 16.4. The number of likely N-dealkylation sites (tertiary alicyclic amines) is 1. The molecule has 2 N–H and O–H groups in total. The maximum Gasteiger partial charge on any atom is 0.410 e. The molecule has 2 saturated heterocycles. The number of nitrogens with two attached hydrogens (primary N) is 1. The molecule has 2 aromatic heterocycles. The highest BCUT2D eigenvalue weighted by Crippen LogP contribution is 2.25. The molecule has 2 aliphatic rings. The van der Waals surface area contributed by atoms with Gasteiger partial charge in [-0.15, -0.1) is 0 Å². The summed E-state index contributed by atoms with van der Waals surface area (Å²) in [5, 5.41) is 4.01. The molecule has 0 bridgehead atoms. The van der Waals surface area contributed by atoms with Crippen LogP contribution in [-0.4, -0.2) is 75.5 Å². The van der Waals surface area contributed by atoms with Gasteiger partial charge in [0.2, 0.25) is 11.8 Å². The highest BCUT2D eigenvalue weighted by atomic mass is 16.6. The summed E-state index contributed by atoms with van der Waals surface area (Å²) >= 11 is 0. The minimum absolute atomic E-state index is 0.0930. The number of ether oxygens (including phenoxy) is 2. The Kier molecular flexibility index (Phi) is 5.82. The minimum Gasteiger partial charge on any atom is -0.447 e. The van der Waals surface area contributed by atoms with Crippen molar-refractivity contribution in [2.24, 2.45) is 5.73 Å². The third kappa shape index (κ3) is 4.51. The number of hydrogen-bond donors (Lipinski definition) is 1. The van der Waals surface area contributed by atoms with E-state index in [1.54, 1.807) is 17.3 Å². The molecule has 2 atom stereocenters. The van der Waals surface area contributed by atoms with Crippen LogP contribution in [0.3, 0.4) is 0 Å². The standard InChI is InChI=1S/C19H27N7O4/c1-11(2)28-19(27)26-9-15(10-26)29-12(3)17-23-16(24-30-17)13-6-21-18(22-7-13)25-5-4-14(20)8-25/h6-7,11-12,14-15H,4-5,8-10,20H2,1-3H3. The van der Waals surface area contributed by atoms with Gasteiger partial charge in [0, 0.05) is 31.5 Å². The first kappa shape index (κ1) is 20.5. The Balaban J connectivity index is 1.30. The molecule has 11 heteroatoms. The van der Waals surface area contributed by atoms with Gasteiger partial charge in [-0.3, -0.25) is 0 Å². The molecule has 2 unspecified atom stereocenters. The van der Waals surface area contributed by atoms with Crippen LogP contribution in [0.5, 0.6) is 0 Å². The Bertz CT molecular complexity index is 866. The molecule has 30 heavy (non-hydrogen) atoms. The molecule has 0 saturated carbocycles. The average Bonchev–Trinajstić information content (AvgIpc) is 3.33. The average molecular weight is 417 g/mol. The van der Waals surface area contributed by atoms with Crippen LogP contribution in [0.25, 0.3) is 11.4 Å². The van der Waals surface area contributed by atoms with Gasteiger partial charge < -0.3 is 29.5 Å². The molecular weight excluding hydrogens is 390 g/mol. The number of aromatic nitrogens is 4. The Morgan fingerprint density at radius 2 is 1.97 bits per heavy atom. The fourth-order valence-electron chi connectivity index (χ4n) is 3.38. The predicted molar refractivity (Wildman–Crippen MR) is 107 cm³/mol. The Morgan fingerprint density at radius 1 is 1.23 bits per heavy atom. The van der Waals surface area contributed by atoms with Crippen LogP contribution in [0.4, 0.5) is 10.7 Å². The van der Waals surface area contributed by atoms with Crippen molar-refractivity contribution in [2.75, 3.05) is 31.1 Å². The summed E-state index contributed by atoms with van der Waals surface area (Å²) in [4.78, 5) is 28.7. The summed E-state index contributed by atoms with van der Waals surface area (Å²) in [6.07, 6.45) is 3.34. The van der Waals surface area contributed by atoms with E-state index < -0.39 is 6.10 Å². The smallest absolute Gasteiger partial charge is 0.410 e. The van der Waals surface area contributed by atoms with E-state index in [2.05, 4.69) is 25.0 Å². The van der Waals surface area contributed by atoms with Gasteiger partial charge in [-0.2, -0.15) is 4.98 Å². The van der Waals surface area contributed by atoms with E-state index in [9.17, 15) is 4.79 Å². The quantitative estimate of drug-likeness (QED) is 0.734. The molecule has 0 spiro atoms. The first-order valence-corrected chi connectivity index (χ1v) is 10.2. The topological polar surface area (TPSA) is 133 Å². The van der Waals surface area contributed by atoms with E-state index >= 15 is 0 Å². The van der Waals surface area contributed by atoms with E-state index in [1.807, 2.05) is 20.8 Å². The number of carbonyl (C=O) groups excluding carboxylic acids is 1. The molecule has 2 aromatic rings. The van der Waals surface area contributed by atoms with Crippen molar-refractivity contribution in [2.45, 2.75) is 51.5 Å². The monoisotopic (exact) mass is 417 g/mol. The second-order valence-electron chi connectivity index (χ2n) is 7.96. The molecule has 1 amide bonds. The van der Waals surface area contributed by atoms with Crippen molar-refractivity contribution in [3.63, 3.8) is 0 Å². The Morgan fingerprint density at radius 3 is 2.60 bits per heavy atom. The summed E-state index contributed by atoms with van der Waals surface area (Å²) in [6.45, 7) is 8.05. The molecule has 2 aliphatic heterocycles. The largest absolute Gasteiger partial charge is 0.447 e. The normalized spacial score (nSPS) is 20.5. The Labute approximate surface area is 174 Å². The van der Waals surface area contributed by atoms with Crippen molar-refractivity contribution in [1.29, 1.82) is 0 Å². The highest BCUT2D eigenvalue weighted by Gasteiger charge is 2.35. The second-order valence-corrected chi connectivity index (χ2v) is 7.96. The number of amides is 1. The van der Waals surface area contributed by atoms with Gasteiger partial charge >= 0.3 is 6.09 Å². The second kappa shape index (κ2) is 8.52. The summed E-state index contributed by atoms with van der Waals surface area (Å²) in [6, 6.07) is 0.165. The van der Waals surface area contributed by atoms with Crippen molar-refractivity contribution < 1.29 is 18.8 Å². The first-order chi connectivity index (χ1) is 14.4. The van der Waals surface area contributed by atoms with Gasteiger partial charge in [-0.25, -0.2) is 14.8 Å². The van der Waals surface area contributed by atoms with E-state index in [1.165, 1.54) is 0 Å². The maximum atomic E-state index is 11.8. The number of anilines is 1. The third-order valence-electron chi connectivity index (χ3n) is 5.03. The Hall–Kier alpha value is -2.79. The number of carbonyl (C=O) groups is 1. The molecule has 11 nitrogen and oxygen atoms in total. The highest BCUT2D eigenvalue weighted by molar-refractivity contribution is 5.68. The van der Waals surface area contributed by atoms with Crippen molar-refractivity contribution in [3.8, 4) is 11.4 Å². The van der Waals surface area contributed by atoms with E-state index in [0.717, 1.165) is 19.5 Å². The lowest BCUT2D eigenvalue weighted by Crippen LogP contribution is -2.55. The van der Waals surface area contributed by atoms with Crippen LogP contribution in [0.2, 0.25) is 0 Å². The van der Waals surface area contributed by atoms with Crippen LogP contribution < -0.4 is 10.6 Å². The van der Waals surface area contributed by atoms with Crippen LogP contribution in [0, 0.1) is 0 Å². The molecule has 162 valence electrons. The minimum atomic E-state index is -0.397. The lowest BCUT2D eigenvalue weighted by molar-refractivity contribution is -0.0916. The van der Waals surface area contributed by atoms with Gasteiger partial charge in [-0.1, -0.05) is 5.16 Å². The first-order valence-electron chi connectivity index (χ1n) is 10.2. The lowest BCUT2D eigenvalue weighted by atomic mass is 10.2. The fourth-order valence-corrected chi connectivity index (χ4v) is 3.38. The zero-order chi connectivity index (χ0) is 21.3. The fraction of sp³-hybridized carbons (Fsp3) is 0.632. The van der Waals surface area contributed by atoms with E-state index in [4.69, 9.17) is 19.7 Å². The van der Waals surface area contributed by atoms with Gasteiger partial charge in [0.25, 0.3) is 5.89 Å². The van der Waals surface area contributed by atoms with Gasteiger partial charge in [0.05, 0.1) is 30.9 Å². The molecule has 4 rings (SSSR count). The molecule has 0 radical (unpaired) electrons. The molecule has 2 fully saturated rings. The molecule has 0 aromatic carbocycles. The number of rotatable bonds is 6. The van der Waals surface area contributed by atoms with Crippen molar-refractivity contribution in [3.05, 3.63) is 18.3 Å².